The van der Waals surface area contributed by atoms with Gasteiger partial charge in [-0.15, -0.1) is 0 Å². The van der Waals surface area contributed by atoms with Gasteiger partial charge in [-0.1, -0.05) is 152 Å². The monoisotopic (exact) mass is 682 g/mol. The van der Waals surface area contributed by atoms with E-state index in [1.165, 1.54) is 54.6 Å². The van der Waals surface area contributed by atoms with Crippen LogP contribution in [0.25, 0.3) is 103 Å². The van der Waals surface area contributed by atoms with Crippen molar-refractivity contribution >= 4 is 59.5 Å². The third-order valence-corrected chi connectivity index (χ3v) is 10.9. The van der Waals surface area contributed by atoms with Gasteiger partial charge in [0.1, 0.15) is 0 Å². The van der Waals surface area contributed by atoms with E-state index in [4.69, 9.17) is 6.57 Å². The highest BCUT2D eigenvalue weighted by atomic mass is 14.6. The third-order valence-electron chi connectivity index (χ3n) is 10.9. The van der Waals surface area contributed by atoms with Gasteiger partial charge in [-0.3, -0.25) is 0 Å². The Morgan fingerprint density at radius 3 is 1.31 bits per heavy atom. The Labute approximate surface area is 313 Å². The maximum atomic E-state index is 9.55. The molecular weight excluding hydrogens is 653 g/mol. The third kappa shape index (κ3) is 5.09. The summed E-state index contributed by atoms with van der Waals surface area (Å²) >= 11 is 0. The molecule has 0 saturated heterocycles. The lowest BCUT2D eigenvalue weighted by Crippen LogP contribution is -1.89. The molecule has 0 atom stereocenters. The summed E-state index contributed by atoms with van der Waals surface area (Å²) in [4.78, 5) is 3.70. The first kappa shape index (κ1) is 31.2. The molecule has 0 unspecified atom stereocenters. The first-order valence-corrected chi connectivity index (χ1v) is 18.1. The zero-order chi connectivity index (χ0) is 36.2. The number of hydrogen-bond donors (Lipinski definition) is 0. The molecule has 248 valence electrons. The maximum absolute atomic E-state index is 9.55. The number of rotatable bonds is 4. The van der Waals surface area contributed by atoms with Crippen molar-refractivity contribution in [1.82, 2.24) is 0 Å². The van der Waals surface area contributed by atoms with E-state index < -0.39 is 0 Å². The maximum Gasteiger partial charge on any atom is 0.194 e. The summed E-state index contributed by atoms with van der Waals surface area (Å²) in [6, 6.07) is 66.8. The number of nitrogens with zero attached hydrogens (tertiary/aromatic N) is 2. The standard InChI is InChI=1S/C52H30N2/c1-54-52-15-7-9-40-29-38(25-27-43(40)52)34-18-22-36(23-19-34)49-31-51-46-13-4-2-11-44(46)48(30-50(51)47-14-5-3-12-45(47)49)35-20-16-33(17-21-35)37-24-26-42-39(28-37)8-6-10-41(42)32-53/h2-31H. The van der Waals surface area contributed by atoms with Crippen molar-refractivity contribution in [1.29, 1.82) is 5.26 Å². The van der Waals surface area contributed by atoms with Crippen molar-refractivity contribution < 1.29 is 0 Å². The Kier molecular flexibility index (Phi) is 7.29. The van der Waals surface area contributed by atoms with Crippen LogP contribution in [0.2, 0.25) is 0 Å². The Morgan fingerprint density at radius 2 is 0.796 bits per heavy atom. The van der Waals surface area contributed by atoms with Gasteiger partial charge in [0.25, 0.3) is 0 Å². The minimum absolute atomic E-state index is 0.685. The van der Waals surface area contributed by atoms with Gasteiger partial charge in [0.05, 0.1) is 18.2 Å². The van der Waals surface area contributed by atoms with E-state index in [0.29, 0.717) is 11.3 Å². The zero-order valence-electron chi connectivity index (χ0n) is 29.2. The van der Waals surface area contributed by atoms with Crippen molar-refractivity contribution in [3.63, 3.8) is 0 Å². The van der Waals surface area contributed by atoms with Crippen LogP contribution in [-0.2, 0) is 0 Å². The smallest absolute Gasteiger partial charge is 0.194 e. The van der Waals surface area contributed by atoms with Crippen LogP contribution in [0.3, 0.4) is 0 Å². The molecule has 0 saturated carbocycles. The van der Waals surface area contributed by atoms with Crippen molar-refractivity contribution in [2.24, 2.45) is 0 Å². The van der Waals surface area contributed by atoms with E-state index in [0.717, 1.165) is 43.8 Å². The van der Waals surface area contributed by atoms with Crippen LogP contribution >= 0.6 is 0 Å². The van der Waals surface area contributed by atoms with Gasteiger partial charge in [0.15, 0.2) is 5.69 Å². The highest BCUT2D eigenvalue weighted by molar-refractivity contribution is 6.24. The summed E-state index contributed by atoms with van der Waals surface area (Å²) in [5.74, 6) is 0. The first-order chi connectivity index (χ1) is 26.7. The zero-order valence-corrected chi connectivity index (χ0v) is 29.2. The minimum atomic E-state index is 0.685. The highest BCUT2D eigenvalue weighted by Crippen LogP contribution is 2.42. The molecule has 0 radical (unpaired) electrons. The van der Waals surface area contributed by atoms with Gasteiger partial charge in [0.2, 0.25) is 0 Å². The largest absolute Gasteiger partial charge is 0.238 e. The van der Waals surface area contributed by atoms with Gasteiger partial charge in [0, 0.05) is 0 Å². The lowest BCUT2D eigenvalue weighted by atomic mass is 9.87. The summed E-state index contributed by atoms with van der Waals surface area (Å²) in [6.07, 6.45) is 0. The van der Waals surface area contributed by atoms with Crippen molar-refractivity contribution in [2.75, 3.05) is 0 Å². The minimum Gasteiger partial charge on any atom is -0.238 e. The van der Waals surface area contributed by atoms with Gasteiger partial charge in [-0.2, -0.15) is 5.26 Å². The van der Waals surface area contributed by atoms with E-state index in [-0.39, 0.29) is 0 Å². The predicted octanol–water partition coefficient (Wildman–Crippen LogP) is 14.5. The van der Waals surface area contributed by atoms with Gasteiger partial charge in [-0.05, 0) is 129 Å². The van der Waals surface area contributed by atoms with E-state index in [1.54, 1.807) is 0 Å². The second-order valence-electron chi connectivity index (χ2n) is 13.9. The van der Waals surface area contributed by atoms with Crippen molar-refractivity contribution in [3.05, 3.63) is 199 Å². The summed E-state index contributed by atoms with van der Waals surface area (Å²) in [5, 5.41) is 21.1. The van der Waals surface area contributed by atoms with Crippen molar-refractivity contribution in [2.45, 2.75) is 0 Å². The van der Waals surface area contributed by atoms with E-state index in [1.807, 2.05) is 24.3 Å². The van der Waals surface area contributed by atoms with Crippen molar-refractivity contribution in [3.8, 4) is 50.6 Å². The fourth-order valence-electron chi connectivity index (χ4n) is 8.22. The fourth-order valence-corrected chi connectivity index (χ4v) is 8.22. The number of hydrogen-bond acceptors (Lipinski definition) is 1. The Morgan fingerprint density at radius 1 is 0.352 bits per heavy atom. The van der Waals surface area contributed by atoms with Gasteiger partial charge < -0.3 is 0 Å². The molecule has 0 heterocycles. The molecule has 0 bridgehead atoms. The van der Waals surface area contributed by atoms with E-state index in [2.05, 4.69) is 169 Å². The average molecular weight is 683 g/mol. The molecule has 0 aliphatic carbocycles. The van der Waals surface area contributed by atoms with Crippen LogP contribution in [0, 0.1) is 17.9 Å². The average Bonchev–Trinajstić information content (AvgIpc) is 3.25. The van der Waals surface area contributed by atoms with Gasteiger partial charge >= 0.3 is 0 Å². The van der Waals surface area contributed by atoms with Crippen LogP contribution in [0.5, 0.6) is 0 Å². The molecule has 10 aromatic carbocycles. The molecule has 10 rings (SSSR count). The predicted molar refractivity (Wildman–Crippen MR) is 227 cm³/mol. The molecule has 0 N–H and O–H groups in total. The van der Waals surface area contributed by atoms with E-state index >= 15 is 0 Å². The molecule has 0 aliphatic rings. The molecular formula is C52H30N2. The summed E-state index contributed by atoms with van der Waals surface area (Å²) < 4.78 is 0. The molecule has 0 fully saturated rings. The van der Waals surface area contributed by atoms with Crippen LogP contribution in [0.15, 0.2) is 182 Å². The molecule has 0 spiro atoms. The molecule has 0 amide bonds. The molecule has 10 aromatic rings. The molecule has 0 aromatic heterocycles. The summed E-state index contributed by atoms with van der Waals surface area (Å²) in [7, 11) is 0. The summed E-state index contributed by atoms with van der Waals surface area (Å²) in [5.41, 5.74) is 10.7. The number of nitriles is 1. The summed E-state index contributed by atoms with van der Waals surface area (Å²) in [6.45, 7) is 7.53. The quantitative estimate of drug-likeness (QED) is 0.134. The lowest BCUT2D eigenvalue weighted by molar-refractivity contribution is 1.50. The second-order valence-corrected chi connectivity index (χ2v) is 13.9. The van der Waals surface area contributed by atoms with Crippen LogP contribution in [0.1, 0.15) is 5.56 Å². The molecule has 2 nitrogen and oxygen atoms in total. The van der Waals surface area contributed by atoms with Gasteiger partial charge in [-0.25, -0.2) is 4.85 Å². The number of benzene rings is 10. The molecule has 2 heteroatoms. The first-order valence-electron chi connectivity index (χ1n) is 18.1. The van der Waals surface area contributed by atoms with Crippen LogP contribution in [-0.4, -0.2) is 0 Å². The Bertz CT molecular complexity index is 2990. The fraction of sp³-hybridized carbons (Fsp3) is 0. The van der Waals surface area contributed by atoms with E-state index in [9.17, 15) is 5.26 Å². The number of fused-ring (bicyclic) bond motifs is 7. The molecule has 54 heavy (non-hydrogen) atoms. The van der Waals surface area contributed by atoms with Crippen LogP contribution < -0.4 is 0 Å². The Hall–Kier alpha value is -7.52. The Balaban J connectivity index is 1.07. The SMILES string of the molecule is [C-]#[N+]c1cccc2cc(-c3ccc(-c4cc5c6ccccc6c(-c6ccc(-c7ccc8c(C#N)cccc8c7)cc6)cc5c5ccccc45)cc3)ccc12. The normalized spacial score (nSPS) is 11.3. The van der Waals surface area contributed by atoms with Crippen LogP contribution in [0.4, 0.5) is 5.69 Å². The topological polar surface area (TPSA) is 28.1 Å². The second kappa shape index (κ2) is 12.6. The highest BCUT2D eigenvalue weighted by Gasteiger charge is 2.15. The molecule has 0 aliphatic heterocycles. The lowest BCUT2D eigenvalue weighted by Gasteiger charge is -2.16.